The third kappa shape index (κ3) is 3.50. The summed E-state index contributed by atoms with van der Waals surface area (Å²) in [7, 11) is 0. The molecule has 0 unspecified atom stereocenters. The largest absolute Gasteiger partial charge is 0.416 e. The van der Waals surface area contributed by atoms with Crippen LogP contribution in [0.25, 0.3) is 0 Å². The van der Waals surface area contributed by atoms with Gasteiger partial charge in [-0.2, -0.15) is 13.2 Å². The highest BCUT2D eigenvalue weighted by molar-refractivity contribution is 5.27. The van der Waals surface area contributed by atoms with Crippen LogP contribution in [0.15, 0.2) is 24.3 Å². The van der Waals surface area contributed by atoms with Crippen molar-refractivity contribution in [2.75, 3.05) is 13.1 Å². The van der Waals surface area contributed by atoms with Gasteiger partial charge in [-0.05, 0) is 63.4 Å². The van der Waals surface area contributed by atoms with Gasteiger partial charge in [0.1, 0.15) is 0 Å². The van der Waals surface area contributed by atoms with Crippen LogP contribution in [0.1, 0.15) is 43.7 Å². The van der Waals surface area contributed by atoms with Gasteiger partial charge in [0, 0.05) is 6.04 Å². The van der Waals surface area contributed by atoms with Crippen LogP contribution in [0.5, 0.6) is 0 Å². The van der Waals surface area contributed by atoms with E-state index in [0.29, 0.717) is 12.0 Å². The number of hydrogen-bond donors (Lipinski definition) is 0. The van der Waals surface area contributed by atoms with Crippen LogP contribution in [0, 0.1) is 0 Å². The first-order valence-electron chi connectivity index (χ1n) is 6.79. The minimum Gasteiger partial charge on any atom is -0.301 e. The third-order valence-corrected chi connectivity index (χ3v) is 3.97. The summed E-state index contributed by atoms with van der Waals surface area (Å²) in [6, 6.07) is 6.22. The molecule has 0 saturated carbocycles. The standard InChI is InChI=1S/C15H20F3N/c1-11(2)19-9-7-13(8-10-19)12-3-5-14(6-4-12)15(16,17)18/h3-6,11,13H,7-10H2,1-2H3. The van der Waals surface area contributed by atoms with Crippen LogP contribution in [0.4, 0.5) is 13.2 Å². The van der Waals surface area contributed by atoms with Gasteiger partial charge >= 0.3 is 6.18 Å². The van der Waals surface area contributed by atoms with Crippen molar-refractivity contribution >= 4 is 0 Å². The maximum absolute atomic E-state index is 12.5. The highest BCUT2D eigenvalue weighted by atomic mass is 19.4. The lowest BCUT2D eigenvalue weighted by Gasteiger charge is -2.34. The zero-order valence-corrected chi connectivity index (χ0v) is 11.4. The quantitative estimate of drug-likeness (QED) is 0.775. The Morgan fingerprint density at radius 1 is 1.05 bits per heavy atom. The van der Waals surface area contributed by atoms with Crippen molar-refractivity contribution in [3.05, 3.63) is 35.4 Å². The van der Waals surface area contributed by atoms with Gasteiger partial charge < -0.3 is 4.90 Å². The number of likely N-dealkylation sites (tertiary alicyclic amines) is 1. The van der Waals surface area contributed by atoms with Gasteiger partial charge in [-0.1, -0.05) is 12.1 Å². The van der Waals surface area contributed by atoms with Crippen molar-refractivity contribution in [1.82, 2.24) is 4.90 Å². The maximum Gasteiger partial charge on any atom is 0.416 e. The van der Waals surface area contributed by atoms with E-state index in [-0.39, 0.29) is 0 Å². The molecule has 1 fully saturated rings. The van der Waals surface area contributed by atoms with Gasteiger partial charge in [-0.15, -0.1) is 0 Å². The van der Waals surface area contributed by atoms with E-state index >= 15 is 0 Å². The van der Waals surface area contributed by atoms with Gasteiger partial charge in [0.05, 0.1) is 5.56 Å². The van der Waals surface area contributed by atoms with Crippen LogP contribution in [0.3, 0.4) is 0 Å². The molecule has 0 amide bonds. The van der Waals surface area contributed by atoms with Crippen molar-refractivity contribution in [2.45, 2.75) is 44.8 Å². The fraction of sp³-hybridized carbons (Fsp3) is 0.600. The van der Waals surface area contributed by atoms with Crippen LogP contribution < -0.4 is 0 Å². The number of benzene rings is 1. The van der Waals surface area contributed by atoms with Crippen LogP contribution in [-0.2, 0) is 6.18 Å². The van der Waals surface area contributed by atoms with Crippen molar-refractivity contribution in [3.8, 4) is 0 Å². The monoisotopic (exact) mass is 271 g/mol. The fourth-order valence-corrected chi connectivity index (χ4v) is 2.69. The van der Waals surface area contributed by atoms with E-state index in [0.717, 1.165) is 31.5 Å². The van der Waals surface area contributed by atoms with E-state index in [1.54, 1.807) is 12.1 Å². The minimum absolute atomic E-state index is 0.400. The summed E-state index contributed by atoms with van der Waals surface area (Å²) < 4.78 is 37.5. The molecule has 0 bridgehead atoms. The Labute approximate surface area is 112 Å². The molecule has 4 heteroatoms. The molecule has 0 aliphatic carbocycles. The summed E-state index contributed by atoms with van der Waals surface area (Å²) in [6.45, 7) is 6.42. The van der Waals surface area contributed by atoms with Crippen molar-refractivity contribution in [2.24, 2.45) is 0 Å². The van der Waals surface area contributed by atoms with Crippen LogP contribution >= 0.6 is 0 Å². The average Bonchev–Trinajstić information content (AvgIpc) is 2.38. The van der Waals surface area contributed by atoms with Gasteiger partial charge in [0.15, 0.2) is 0 Å². The molecule has 1 aromatic rings. The summed E-state index contributed by atoms with van der Waals surface area (Å²) in [5.74, 6) is 0.400. The predicted molar refractivity (Wildman–Crippen MR) is 70.1 cm³/mol. The zero-order chi connectivity index (χ0) is 14.0. The molecule has 1 nitrogen and oxygen atoms in total. The Morgan fingerprint density at radius 3 is 2.00 bits per heavy atom. The first-order chi connectivity index (χ1) is 8.88. The van der Waals surface area contributed by atoms with Gasteiger partial charge in [-0.3, -0.25) is 0 Å². The van der Waals surface area contributed by atoms with Crippen LogP contribution in [0.2, 0.25) is 0 Å². The Hall–Kier alpha value is -1.03. The Morgan fingerprint density at radius 2 is 1.58 bits per heavy atom. The lowest BCUT2D eigenvalue weighted by Crippen LogP contribution is -2.37. The predicted octanol–water partition coefficient (Wildman–Crippen LogP) is 4.29. The molecule has 19 heavy (non-hydrogen) atoms. The Kier molecular flexibility index (Phi) is 4.19. The summed E-state index contributed by atoms with van der Waals surface area (Å²) in [5, 5.41) is 0. The van der Waals surface area contributed by atoms with E-state index in [4.69, 9.17) is 0 Å². The molecule has 0 spiro atoms. The molecular formula is C15H20F3N. The van der Waals surface area contributed by atoms with E-state index in [1.165, 1.54) is 12.1 Å². The van der Waals surface area contributed by atoms with Gasteiger partial charge in [0.2, 0.25) is 0 Å². The molecule has 1 saturated heterocycles. The van der Waals surface area contributed by atoms with Crippen molar-refractivity contribution < 1.29 is 13.2 Å². The number of piperidine rings is 1. The first-order valence-corrected chi connectivity index (χ1v) is 6.79. The number of hydrogen-bond acceptors (Lipinski definition) is 1. The number of alkyl halides is 3. The van der Waals surface area contributed by atoms with E-state index < -0.39 is 11.7 Å². The summed E-state index contributed by atoms with van der Waals surface area (Å²) in [6.07, 6.45) is -2.17. The summed E-state index contributed by atoms with van der Waals surface area (Å²) in [5.41, 5.74) is 0.479. The fourth-order valence-electron chi connectivity index (χ4n) is 2.69. The van der Waals surface area contributed by atoms with Crippen molar-refractivity contribution in [1.29, 1.82) is 0 Å². The molecule has 2 rings (SSSR count). The molecule has 0 N–H and O–H groups in total. The molecule has 0 atom stereocenters. The Balaban J connectivity index is 2.00. The molecule has 1 aliphatic rings. The second-order valence-electron chi connectivity index (χ2n) is 5.52. The molecule has 0 radical (unpaired) electrons. The zero-order valence-electron chi connectivity index (χ0n) is 11.4. The smallest absolute Gasteiger partial charge is 0.301 e. The molecule has 1 aliphatic heterocycles. The lowest BCUT2D eigenvalue weighted by molar-refractivity contribution is -0.137. The average molecular weight is 271 g/mol. The minimum atomic E-state index is -4.24. The molecular weight excluding hydrogens is 251 g/mol. The molecule has 1 heterocycles. The highest BCUT2D eigenvalue weighted by Gasteiger charge is 2.30. The topological polar surface area (TPSA) is 3.24 Å². The normalized spacial score (nSPS) is 19.1. The number of nitrogens with zero attached hydrogens (tertiary/aromatic N) is 1. The van der Waals surface area contributed by atoms with Gasteiger partial charge in [-0.25, -0.2) is 0 Å². The maximum atomic E-state index is 12.5. The highest BCUT2D eigenvalue weighted by Crippen LogP contribution is 2.33. The first kappa shape index (κ1) is 14.4. The summed E-state index contributed by atoms with van der Waals surface area (Å²) in [4.78, 5) is 2.42. The number of rotatable bonds is 2. The lowest BCUT2D eigenvalue weighted by atomic mass is 9.88. The second-order valence-corrected chi connectivity index (χ2v) is 5.52. The number of halogens is 3. The third-order valence-electron chi connectivity index (χ3n) is 3.97. The van der Waals surface area contributed by atoms with E-state index in [9.17, 15) is 13.2 Å². The second kappa shape index (κ2) is 5.53. The van der Waals surface area contributed by atoms with Gasteiger partial charge in [0.25, 0.3) is 0 Å². The molecule has 106 valence electrons. The molecule has 0 aromatic heterocycles. The molecule has 1 aromatic carbocycles. The van der Waals surface area contributed by atoms with Crippen molar-refractivity contribution in [3.63, 3.8) is 0 Å². The summed E-state index contributed by atoms with van der Waals surface area (Å²) >= 11 is 0. The van der Waals surface area contributed by atoms with E-state index in [2.05, 4.69) is 18.7 Å². The Bertz CT molecular complexity index is 400. The SMILES string of the molecule is CC(C)N1CCC(c2ccc(C(F)(F)F)cc2)CC1. The van der Waals surface area contributed by atoms with Crippen LogP contribution in [-0.4, -0.2) is 24.0 Å². The van der Waals surface area contributed by atoms with E-state index in [1.807, 2.05) is 0 Å².